The smallest absolute Gasteiger partial charge is 0.197 e. The van der Waals surface area contributed by atoms with Crippen molar-refractivity contribution in [3.05, 3.63) is 0 Å². The van der Waals surface area contributed by atoms with Gasteiger partial charge in [0.25, 0.3) is 0 Å². The average molecular weight is 320 g/mol. The van der Waals surface area contributed by atoms with E-state index in [0.717, 1.165) is 40.5 Å². The number of fused-ring (bicyclic) bond motifs is 1. The number of thioether (sulfide) groups is 1. The van der Waals surface area contributed by atoms with Crippen molar-refractivity contribution < 1.29 is 0 Å². The summed E-state index contributed by atoms with van der Waals surface area (Å²) >= 11 is 8.63. The molecule has 1 unspecified atom stereocenters. The van der Waals surface area contributed by atoms with Crippen molar-refractivity contribution in [2.75, 3.05) is 13.1 Å². The Labute approximate surface area is 123 Å². The third-order valence-electron chi connectivity index (χ3n) is 2.36. The van der Waals surface area contributed by atoms with Gasteiger partial charge in [0, 0.05) is 13.1 Å². The summed E-state index contributed by atoms with van der Waals surface area (Å²) < 4.78 is 5.34. The number of amidine groups is 1. The van der Waals surface area contributed by atoms with Crippen molar-refractivity contribution in [3.8, 4) is 0 Å². The van der Waals surface area contributed by atoms with E-state index >= 15 is 0 Å². The van der Waals surface area contributed by atoms with Gasteiger partial charge in [-0.3, -0.25) is 4.67 Å². The first-order chi connectivity index (χ1) is 8.65. The van der Waals surface area contributed by atoms with E-state index in [4.69, 9.17) is 12.2 Å². The Morgan fingerprint density at radius 3 is 2.61 bits per heavy atom. The van der Waals surface area contributed by atoms with Crippen LogP contribution in [-0.2, 0) is 0 Å². The van der Waals surface area contributed by atoms with Crippen LogP contribution in [0, 0.1) is 0 Å². The van der Waals surface area contributed by atoms with Crippen LogP contribution in [0.25, 0.3) is 0 Å². The van der Waals surface area contributed by atoms with Crippen LogP contribution in [0.3, 0.4) is 0 Å². The van der Waals surface area contributed by atoms with Crippen molar-refractivity contribution in [1.82, 2.24) is 9.45 Å². The Kier molecular flexibility index (Phi) is 5.45. The molecule has 0 saturated carbocycles. The molecule has 8 heteroatoms. The molecule has 0 radical (unpaired) electrons. The van der Waals surface area contributed by atoms with Crippen LogP contribution in [0.4, 0.5) is 0 Å². The number of hydrazone groups is 1. The lowest BCUT2D eigenvalue weighted by Crippen LogP contribution is -2.29. The van der Waals surface area contributed by atoms with E-state index in [1.165, 1.54) is 0 Å². The van der Waals surface area contributed by atoms with Gasteiger partial charge in [-0.25, -0.2) is 4.99 Å². The third-order valence-corrected chi connectivity index (χ3v) is 8.09. The second kappa shape index (κ2) is 6.66. The van der Waals surface area contributed by atoms with Crippen LogP contribution in [-0.4, -0.2) is 37.1 Å². The van der Waals surface area contributed by atoms with E-state index in [1.807, 2.05) is 6.92 Å². The molecule has 0 bridgehead atoms. The number of nitrogens with zero attached hydrogens (tertiary/aromatic N) is 4. The highest BCUT2D eigenvalue weighted by atomic mass is 32.7. The summed E-state index contributed by atoms with van der Waals surface area (Å²) in [5.41, 5.74) is 0. The number of thiocarbonyl (C=S) groups is 1. The van der Waals surface area contributed by atoms with Crippen molar-refractivity contribution in [2.24, 2.45) is 10.1 Å². The van der Waals surface area contributed by atoms with E-state index in [9.17, 15) is 0 Å². The minimum absolute atomic E-state index is 0.550. The maximum Gasteiger partial charge on any atom is 0.197 e. The van der Waals surface area contributed by atoms with Crippen LogP contribution in [0.15, 0.2) is 10.1 Å². The number of hydrogen-bond donors (Lipinski definition) is 0. The number of hydrogen-bond acceptors (Lipinski definition) is 6. The van der Waals surface area contributed by atoms with Gasteiger partial charge in [-0.05, 0) is 55.1 Å². The zero-order valence-electron chi connectivity index (χ0n) is 10.8. The van der Waals surface area contributed by atoms with Gasteiger partial charge in [0.05, 0.1) is 5.04 Å². The van der Waals surface area contributed by atoms with Gasteiger partial charge in [0.15, 0.2) is 16.9 Å². The molecule has 1 atom stereocenters. The van der Waals surface area contributed by atoms with Gasteiger partial charge in [-0.2, -0.15) is 9.88 Å². The monoisotopic (exact) mass is 320 g/mol. The molecule has 2 rings (SSSR count). The molecule has 2 aliphatic heterocycles. The fraction of sp³-hybridized carbons (Fsp3) is 0.700. The van der Waals surface area contributed by atoms with Crippen LogP contribution in [0.1, 0.15) is 33.6 Å². The Bertz CT molecular complexity index is 393. The molecule has 0 saturated heterocycles. The zero-order chi connectivity index (χ0) is 13.1. The van der Waals surface area contributed by atoms with Crippen LogP contribution in [0.5, 0.6) is 0 Å². The lowest BCUT2D eigenvalue weighted by atomic mass is 10.4. The molecule has 0 N–H and O–H groups in total. The summed E-state index contributed by atoms with van der Waals surface area (Å²) in [7, 11) is -0.550. The van der Waals surface area contributed by atoms with Crippen molar-refractivity contribution in [1.29, 1.82) is 0 Å². The summed E-state index contributed by atoms with van der Waals surface area (Å²) in [6.45, 7) is 8.65. The Morgan fingerprint density at radius 2 is 2.00 bits per heavy atom. The van der Waals surface area contributed by atoms with Gasteiger partial charge in [0.1, 0.15) is 0 Å². The summed E-state index contributed by atoms with van der Waals surface area (Å²) in [4.78, 5) is 4.42. The van der Waals surface area contributed by atoms with Crippen molar-refractivity contribution in [2.45, 2.75) is 33.6 Å². The van der Waals surface area contributed by atoms with E-state index < -0.39 is 7.42 Å². The molecule has 0 aromatic rings. The maximum atomic E-state index is 5.31. The van der Waals surface area contributed by atoms with Crippen LogP contribution in [0.2, 0.25) is 0 Å². The third kappa shape index (κ3) is 3.25. The summed E-state index contributed by atoms with van der Waals surface area (Å²) in [6, 6.07) is 0. The summed E-state index contributed by atoms with van der Waals surface area (Å²) in [6.07, 6.45) is 2.31. The van der Waals surface area contributed by atoms with Gasteiger partial charge in [-0.1, -0.05) is 13.8 Å². The molecule has 0 aromatic heterocycles. The first-order valence-electron chi connectivity index (χ1n) is 6.04. The zero-order valence-corrected chi connectivity index (χ0v) is 14.1. The van der Waals surface area contributed by atoms with Gasteiger partial charge in [0.2, 0.25) is 0 Å². The predicted molar refractivity (Wildman–Crippen MR) is 89.2 cm³/mol. The minimum atomic E-state index is -0.550. The second-order valence-corrected chi connectivity index (χ2v) is 9.32. The van der Waals surface area contributed by atoms with Gasteiger partial charge < -0.3 is 0 Å². The normalized spacial score (nSPS) is 23.2. The molecule has 0 fully saturated rings. The largest absolute Gasteiger partial charge is 0.255 e. The molecule has 0 amide bonds. The molecule has 0 aliphatic carbocycles. The lowest BCUT2D eigenvalue weighted by molar-refractivity contribution is 0.439. The lowest BCUT2D eigenvalue weighted by Gasteiger charge is -2.36. The van der Waals surface area contributed by atoms with Crippen molar-refractivity contribution in [3.63, 3.8) is 0 Å². The summed E-state index contributed by atoms with van der Waals surface area (Å²) in [5.74, 6) is 0. The molecular formula is C10H17N4PS3. The SMILES string of the molecule is CCCN(CCC)P1SC(=S)N=C2SC(C)=NN21. The Hall–Kier alpha value is 0.320. The Morgan fingerprint density at radius 1 is 1.33 bits per heavy atom. The molecule has 2 aliphatic rings. The Balaban J connectivity index is 2.20. The molecule has 2 heterocycles. The summed E-state index contributed by atoms with van der Waals surface area (Å²) in [5, 5.41) is 6.61. The van der Waals surface area contributed by atoms with E-state index in [-0.39, 0.29) is 0 Å². The average Bonchev–Trinajstić information content (AvgIpc) is 2.68. The quantitative estimate of drug-likeness (QED) is 0.562. The fourth-order valence-electron chi connectivity index (χ4n) is 1.73. The molecule has 0 spiro atoms. The highest BCUT2D eigenvalue weighted by Crippen LogP contribution is 2.61. The highest BCUT2D eigenvalue weighted by molar-refractivity contribution is 8.64. The maximum absolute atomic E-state index is 5.31. The van der Waals surface area contributed by atoms with Crippen molar-refractivity contribution >= 4 is 57.3 Å². The molecular weight excluding hydrogens is 303 g/mol. The molecule has 0 aromatic carbocycles. The van der Waals surface area contributed by atoms with E-state index in [0.29, 0.717) is 0 Å². The highest BCUT2D eigenvalue weighted by Gasteiger charge is 2.37. The van der Waals surface area contributed by atoms with E-state index in [2.05, 4.69) is 33.4 Å². The van der Waals surface area contributed by atoms with Gasteiger partial charge >= 0.3 is 0 Å². The first-order valence-corrected chi connectivity index (χ1v) is 9.93. The molecule has 18 heavy (non-hydrogen) atoms. The fourth-order valence-corrected chi connectivity index (χ4v) is 7.55. The van der Waals surface area contributed by atoms with Crippen LogP contribution >= 0.6 is 42.8 Å². The topological polar surface area (TPSA) is 31.2 Å². The van der Waals surface area contributed by atoms with E-state index in [1.54, 1.807) is 23.1 Å². The van der Waals surface area contributed by atoms with Gasteiger partial charge in [-0.15, -0.1) is 0 Å². The second-order valence-electron chi connectivity index (χ2n) is 3.97. The number of aliphatic imine (C=N–C) groups is 1. The molecule has 100 valence electrons. The number of rotatable bonds is 5. The first kappa shape index (κ1) is 14.7. The standard InChI is InChI=1S/C10H17N4PS3/c1-4-6-13(7-5-2)15-14-9(11-10(16)18-15)17-8(3)12-14/h4-7H2,1-3H3. The molecule has 4 nitrogen and oxygen atoms in total. The minimum Gasteiger partial charge on any atom is -0.255 e. The predicted octanol–water partition coefficient (Wildman–Crippen LogP) is 4.11. The van der Waals surface area contributed by atoms with Crippen LogP contribution < -0.4 is 0 Å².